The van der Waals surface area contributed by atoms with E-state index in [-0.39, 0.29) is 11.9 Å². The van der Waals surface area contributed by atoms with E-state index in [2.05, 4.69) is 25.7 Å². The van der Waals surface area contributed by atoms with Gasteiger partial charge in [-0.3, -0.25) is 4.90 Å². The monoisotopic (exact) mass is 453 g/mol. The van der Waals surface area contributed by atoms with Crippen molar-refractivity contribution >= 4 is 0 Å². The highest BCUT2D eigenvalue weighted by molar-refractivity contribution is 5.43. The van der Waals surface area contributed by atoms with Crippen molar-refractivity contribution in [1.82, 2.24) is 14.7 Å². The van der Waals surface area contributed by atoms with Crippen LogP contribution in [0.15, 0.2) is 54.6 Å². The molecule has 0 aliphatic rings. The van der Waals surface area contributed by atoms with Crippen molar-refractivity contribution in [1.29, 1.82) is 0 Å². The van der Waals surface area contributed by atoms with Crippen LogP contribution in [0.2, 0.25) is 0 Å². The second kappa shape index (κ2) is 12.0. The number of hydrogen-bond acceptors (Lipinski definition) is 4. The van der Waals surface area contributed by atoms with E-state index in [0.717, 1.165) is 42.8 Å². The van der Waals surface area contributed by atoms with Gasteiger partial charge in [-0.25, -0.2) is 9.07 Å². The summed E-state index contributed by atoms with van der Waals surface area (Å²) in [6.45, 7) is 10.4. The molecule has 1 unspecified atom stereocenters. The lowest BCUT2D eigenvalue weighted by Gasteiger charge is -2.27. The van der Waals surface area contributed by atoms with Crippen molar-refractivity contribution in [2.45, 2.75) is 59.6 Å². The predicted octanol–water partition coefficient (Wildman–Crippen LogP) is 6.12. The zero-order valence-electron chi connectivity index (χ0n) is 20.2. The molecule has 3 aromatic rings. The number of aromatic nitrogens is 2. The molecule has 6 heteroatoms. The van der Waals surface area contributed by atoms with E-state index in [4.69, 9.17) is 9.84 Å². The first-order valence-corrected chi connectivity index (χ1v) is 11.9. The summed E-state index contributed by atoms with van der Waals surface area (Å²) in [6.07, 6.45) is 2.46. The Bertz CT molecular complexity index is 1000. The van der Waals surface area contributed by atoms with Crippen molar-refractivity contribution in [3.63, 3.8) is 0 Å². The van der Waals surface area contributed by atoms with Crippen molar-refractivity contribution in [2.75, 3.05) is 13.1 Å². The molecule has 2 aromatic carbocycles. The highest BCUT2D eigenvalue weighted by Gasteiger charge is 2.23. The maximum Gasteiger partial charge on any atom is 0.227 e. The van der Waals surface area contributed by atoms with E-state index in [1.807, 2.05) is 37.3 Å². The van der Waals surface area contributed by atoms with E-state index < -0.39 is 5.82 Å². The normalized spacial score (nSPS) is 12.5. The number of unbranched alkanes of at least 4 members (excludes halogenated alkanes) is 1. The highest BCUT2D eigenvalue weighted by Crippen LogP contribution is 2.33. The van der Waals surface area contributed by atoms with Crippen LogP contribution in [0.25, 0.3) is 5.69 Å². The summed E-state index contributed by atoms with van der Waals surface area (Å²) >= 11 is 0. The smallest absolute Gasteiger partial charge is 0.227 e. The van der Waals surface area contributed by atoms with Crippen LogP contribution in [0.3, 0.4) is 0 Å². The Morgan fingerprint density at radius 1 is 1.06 bits per heavy atom. The fraction of sp³-hybridized carbons (Fsp3) is 0.444. The van der Waals surface area contributed by atoms with Crippen LogP contribution < -0.4 is 4.74 Å². The minimum absolute atomic E-state index is 0.161. The predicted molar refractivity (Wildman–Crippen MR) is 130 cm³/mol. The van der Waals surface area contributed by atoms with Crippen LogP contribution in [0.5, 0.6) is 11.6 Å². The van der Waals surface area contributed by atoms with Gasteiger partial charge in [0.2, 0.25) is 5.88 Å². The lowest BCUT2D eigenvalue weighted by atomic mass is 10.1. The topological polar surface area (TPSA) is 50.5 Å². The number of ether oxygens (including phenoxy) is 1. The summed E-state index contributed by atoms with van der Waals surface area (Å²) in [6, 6.07) is 16.1. The summed E-state index contributed by atoms with van der Waals surface area (Å²) in [4.78, 5) is 2.25. The van der Waals surface area contributed by atoms with Gasteiger partial charge >= 0.3 is 0 Å². The fourth-order valence-electron chi connectivity index (χ4n) is 3.97. The number of nitrogens with zero attached hydrogens (tertiary/aromatic N) is 3. The van der Waals surface area contributed by atoms with Crippen molar-refractivity contribution in [3.05, 3.63) is 71.7 Å². The minimum atomic E-state index is -0.420. The molecule has 0 aliphatic heterocycles. The van der Waals surface area contributed by atoms with Gasteiger partial charge in [-0.15, -0.1) is 0 Å². The second-order valence-electron chi connectivity index (χ2n) is 9.03. The molecule has 0 amide bonds. The van der Waals surface area contributed by atoms with Crippen molar-refractivity contribution in [3.8, 4) is 17.3 Å². The molecule has 1 aromatic heterocycles. The lowest BCUT2D eigenvalue weighted by Crippen LogP contribution is -2.35. The van der Waals surface area contributed by atoms with Crippen molar-refractivity contribution < 1.29 is 14.2 Å². The zero-order chi connectivity index (χ0) is 23.8. The highest BCUT2D eigenvalue weighted by atomic mass is 19.1. The molecule has 5 nitrogen and oxygen atoms in total. The van der Waals surface area contributed by atoms with Gasteiger partial charge in [-0.1, -0.05) is 63.9 Å². The third-order valence-corrected chi connectivity index (χ3v) is 5.55. The number of benzene rings is 2. The summed E-state index contributed by atoms with van der Waals surface area (Å²) in [5.74, 6) is 0.676. The van der Waals surface area contributed by atoms with Gasteiger partial charge in [-0.05, 0) is 43.5 Å². The van der Waals surface area contributed by atoms with Crippen molar-refractivity contribution in [2.24, 2.45) is 5.92 Å². The molecule has 178 valence electrons. The van der Waals surface area contributed by atoms with Gasteiger partial charge in [0.15, 0.2) is 11.6 Å². The Labute approximate surface area is 196 Å². The Morgan fingerprint density at radius 2 is 1.76 bits per heavy atom. The number of aliphatic hydroxyl groups is 1. The van der Waals surface area contributed by atoms with Crippen LogP contribution in [0.4, 0.5) is 4.39 Å². The lowest BCUT2D eigenvalue weighted by molar-refractivity contribution is 0.0927. The molecule has 0 fully saturated rings. The Morgan fingerprint density at radius 3 is 2.42 bits per heavy atom. The Balaban J connectivity index is 1.98. The van der Waals surface area contributed by atoms with Gasteiger partial charge < -0.3 is 9.84 Å². The third kappa shape index (κ3) is 6.89. The summed E-state index contributed by atoms with van der Waals surface area (Å²) in [5.41, 5.74) is 2.56. The molecule has 33 heavy (non-hydrogen) atoms. The van der Waals surface area contributed by atoms with Crippen LogP contribution in [0.1, 0.15) is 51.3 Å². The van der Waals surface area contributed by atoms with Crippen LogP contribution >= 0.6 is 0 Å². The number of rotatable bonds is 12. The molecule has 0 radical (unpaired) electrons. The molecule has 0 saturated heterocycles. The number of para-hydroxylation sites is 2. The maximum absolute atomic E-state index is 14.5. The van der Waals surface area contributed by atoms with E-state index in [1.54, 1.807) is 22.9 Å². The molecule has 0 saturated carbocycles. The van der Waals surface area contributed by atoms with E-state index in [9.17, 15) is 9.50 Å². The van der Waals surface area contributed by atoms with Gasteiger partial charge in [0.05, 0.1) is 23.0 Å². The Hall–Kier alpha value is -2.70. The first-order valence-electron chi connectivity index (χ1n) is 11.9. The van der Waals surface area contributed by atoms with Gasteiger partial charge in [0.25, 0.3) is 0 Å². The number of halogens is 1. The summed E-state index contributed by atoms with van der Waals surface area (Å²) in [5, 5.41) is 15.3. The molecule has 0 aliphatic carbocycles. The first kappa shape index (κ1) is 24.9. The SMILES string of the molecule is CCCCC(O)CN(Cc1c(C)nn(-c2ccccc2)c1Oc1ccccc1F)CC(C)C. The third-order valence-electron chi connectivity index (χ3n) is 5.55. The first-order chi connectivity index (χ1) is 15.9. The average Bonchev–Trinajstić information content (AvgIpc) is 3.09. The second-order valence-corrected chi connectivity index (χ2v) is 9.03. The molecule has 0 spiro atoms. The van der Waals surface area contributed by atoms with E-state index in [0.29, 0.717) is 24.9 Å². The Kier molecular flexibility index (Phi) is 9.03. The molecule has 3 rings (SSSR count). The minimum Gasteiger partial charge on any atom is -0.435 e. The average molecular weight is 454 g/mol. The number of hydrogen-bond donors (Lipinski definition) is 1. The molecule has 1 N–H and O–H groups in total. The van der Waals surface area contributed by atoms with Gasteiger partial charge in [-0.2, -0.15) is 5.10 Å². The molecule has 0 bridgehead atoms. The number of aliphatic hydroxyl groups excluding tert-OH is 1. The molecular formula is C27H36FN3O2. The fourth-order valence-corrected chi connectivity index (χ4v) is 3.97. The zero-order valence-corrected chi connectivity index (χ0v) is 20.2. The van der Waals surface area contributed by atoms with Crippen LogP contribution in [-0.4, -0.2) is 39.0 Å². The quantitative estimate of drug-likeness (QED) is 0.359. The standard InChI is InChI=1S/C27H36FN3O2/c1-5-6-14-23(32)18-30(17-20(2)3)19-24-21(4)29-31(22-12-8-7-9-13-22)27(24)33-26-16-11-10-15-25(26)28/h7-13,15-16,20,23,32H,5-6,14,17-19H2,1-4H3. The molecular weight excluding hydrogens is 417 g/mol. The van der Waals surface area contributed by atoms with E-state index >= 15 is 0 Å². The van der Waals surface area contributed by atoms with Gasteiger partial charge in [0, 0.05) is 19.6 Å². The van der Waals surface area contributed by atoms with Crippen LogP contribution in [-0.2, 0) is 6.54 Å². The van der Waals surface area contributed by atoms with Crippen LogP contribution in [0, 0.1) is 18.7 Å². The molecule has 1 atom stereocenters. The molecule has 1 heterocycles. The summed E-state index contributed by atoms with van der Waals surface area (Å²) < 4.78 is 22.4. The van der Waals surface area contributed by atoms with E-state index in [1.165, 1.54) is 6.07 Å². The largest absolute Gasteiger partial charge is 0.435 e. The summed E-state index contributed by atoms with van der Waals surface area (Å²) in [7, 11) is 0. The maximum atomic E-state index is 14.5. The number of aryl methyl sites for hydroxylation is 1. The van der Waals surface area contributed by atoms with Gasteiger partial charge in [0.1, 0.15) is 0 Å².